The lowest BCUT2D eigenvalue weighted by atomic mass is 9.81. The summed E-state index contributed by atoms with van der Waals surface area (Å²) in [6.45, 7) is 3.91. The number of hydrogen-bond donors (Lipinski definition) is 1. The Bertz CT molecular complexity index is 219. The largest absolute Gasteiger partial charge is 0.380 e. The molecule has 16 heavy (non-hydrogen) atoms. The maximum absolute atomic E-state index is 5.59. The fourth-order valence-electron chi connectivity index (χ4n) is 2.67. The smallest absolute Gasteiger partial charge is 0.0675 e. The number of allylic oxidation sites excluding steroid dienone is 1. The molecule has 1 saturated carbocycles. The molecule has 1 unspecified atom stereocenters. The Morgan fingerprint density at radius 1 is 1.50 bits per heavy atom. The molecule has 1 aliphatic carbocycles. The zero-order valence-corrected chi connectivity index (χ0v) is 10.9. The Labute approximate surface area is 100 Å². The number of rotatable bonds is 6. The van der Waals surface area contributed by atoms with Crippen LogP contribution in [0.25, 0.3) is 0 Å². The lowest BCUT2D eigenvalue weighted by Crippen LogP contribution is -2.12. The predicted octanol–water partition coefficient (Wildman–Crippen LogP) is 3.27. The number of ether oxygens (including phenoxy) is 1. The van der Waals surface area contributed by atoms with E-state index in [1.165, 1.54) is 37.7 Å². The maximum Gasteiger partial charge on any atom is 0.0675 e. The maximum atomic E-state index is 5.59. The van der Waals surface area contributed by atoms with Crippen molar-refractivity contribution in [3.05, 3.63) is 11.1 Å². The van der Waals surface area contributed by atoms with E-state index in [4.69, 9.17) is 10.5 Å². The van der Waals surface area contributed by atoms with Gasteiger partial charge >= 0.3 is 0 Å². The molecule has 0 radical (unpaired) electrons. The van der Waals surface area contributed by atoms with Gasteiger partial charge in [-0.25, -0.2) is 0 Å². The molecule has 0 aliphatic heterocycles. The second kappa shape index (κ2) is 7.86. The van der Waals surface area contributed by atoms with Crippen LogP contribution in [0.4, 0.5) is 0 Å². The van der Waals surface area contributed by atoms with Crippen LogP contribution in [-0.4, -0.2) is 20.3 Å². The van der Waals surface area contributed by atoms with Gasteiger partial charge in [-0.1, -0.05) is 18.9 Å². The van der Waals surface area contributed by atoms with E-state index in [2.05, 4.69) is 6.92 Å². The van der Waals surface area contributed by atoms with E-state index in [1.54, 1.807) is 12.7 Å². The third-order valence-corrected chi connectivity index (χ3v) is 3.70. The van der Waals surface area contributed by atoms with Crippen molar-refractivity contribution in [1.29, 1.82) is 0 Å². The number of hydrogen-bond acceptors (Lipinski definition) is 2. The summed E-state index contributed by atoms with van der Waals surface area (Å²) in [5.41, 5.74) is 8.80. The lowest BCUT2D eigenvalue weighted by Gasteiger charge is -2.26. The van der Waals surface area contributed by atoms with Gasteiger partial charge in [-0.2, -0.15) is 0 Å². The number of nitrogens with two attached hydrogens (primary N) is 1. The SMILES string of the molecule is CCC1CCCC(=C(CCCN)COC)C1. The van der Waals surface area contributed by atoms with Crippen molar-refractivity contribution in [3.8, 4) is 0 Å². The quantitative estimate of drug-likeness (QED) is 0.704. The Balaban J connectivity index is 2.62. The Morgan fingerprint density at radius 2 is 2.31 bits per heavy atom. The first-order chi connectivity index (χ1) is 7.81. The Kier molecular flexibility index (Phi) is 6.74. The molecule has 0 saturated heterocycles. The van der Waals surface area contributed by atoms with Crippen LogP contribution in [0.15, 0.2) is 11.1 Å². The van der Waals surface area contributed by atoms with Gasteiger partial charge in [0.1, 0.15) is 0 Å². The van der Waals surface area contributed by atoms with Crippen LogP contribution in [0, 0.1) is 5.92 Å². The Morgan fingerprint density at radius 3 is 2.94 bits per heavy atom. The van der Waals surface area contributed by atoms with E-state index in [9.17, 15) is 0 Å². The average molecular weight is 225 g/mol. The molecule has 0 aromatic heterocycles. The van der Waals surface area contributed by atoms with Crippen LogP contribution in [-0.2, 0) is 4.74 Å². The summed E-state index contributed by atoms with van der Waals surface area (Å²) in [6.07, 6.45) is 8.93. The molecule has 94 valence electrons. The zero-order valence-electron chi connectivity index (χ0n) is 10.9. The first-order valence-corrected chi connectivity index (χ1v) is 6.70. The highest BCUT2D eigenvalue weighted by molar-refractivity contribution is 5.17. The van der Waals surface area contributed by atoms with Gasteiger partial charge in [-0.15, -0.1) is 0 Å². The van der Waals surface area contributed by atoms with Crippen LogP contribution in [0.3, 0.4) is 0 Å². The zero-order chi connectivity index (χ0) is 11.8. The predicted molar refractivity (Wildman–Crippen MR) is 69.4 cm³/mol. The van der Waals surface area contributed by atoms with Crippen molar-refractivity contribution >= 4 is 0 Å². The van der Waals surface area contributed by atoms with Gasteiger partial charge in [0.05, 0.1) is 6.61 Å². The summed E-state index contributed by atoms with van der Waals surface area (Å²) in [5, 5.41) is 0. The van der Waals surface area contributed by atoms with Crippen molar-refractivity contribution in [2.75, 3.05) is 20.3 Å². The van der Waals surface area contributed by atoms with Crippen LogP contribution in [0.5, 0.6) is 0 Å². The third kappa shape index (κ3) is 4.26. The summed E-state index contributed by atoms with van der Waals surface area (Å²) in [7, 11) is 1.79. The molecule has 2 heteroatoms. The summed E-state index contributed by atoms with van der Waals surface area (Å²) in [6, 6.07) is 0. The first-order valence-electron chi connectivity index (χ1n) is 6.70. The molecule has 0 amide bonds. The molecule has 0 bridgehead atoms. The molecule has 1 aliphatic rings. The monoisotopic (exact) mass is 225 g/mol. The van der Waals surface area contributed by atoms with Crippen molar-refractivity contribution in [2.45, 2.75) is 51.9 Å². The molecule has 1 fully saturated rings. The van der Waals surface area contributed by atoms with Crippen molar-refractivity contribution < 1.29 is 4.74 Å². The van der Waals surface area contributed by atoms with E-state index in [0.29, 0.717) is 0 Å². The summed E-state index contributed by atoms with van der Waals surface area (Å²) < 4.78 is 5.32. The standard InChI is InChI=1S/C14H27NO/c1-3-12-6-4-7-13(10-12)14(11-16-2)8-5-9-15/h12H,3-11,15H2,1-2H3. The van der Waals surface area contributed by atoms with Gasteiger partial charge in [0.2, 0.25) is 0 Å². The molecule has 0 heterocycles. The van der Waals surface area contributed by atoms with E-state index in [0.717, 1.165) is 31.9 Å². The van der Waals surface area contributed by atoms with Gasteiger partial charge in [-0.05, 0) is 56.6 Å². The highest BCUT2D eigenvalue weighted by Gasteiger charge is 2.18. The second-order valence-electron chi connectivity index (χ2n) is 4.90. The molecule has 0 aromatic carbocycles. The molecule has 1 rings (SSSR count). The van der Waals surface area contributed by atoms with E-state index in [-0.39, 0.29) is 0 Å². The van der Waals surface area contributed by atoms with Crippen molar-refractivity contribution in [3.63, 3.8) is 0 Å². The van der Waals surface area contributed by atoms with E-state index in [1.807, 2.05) is 0 Å². The fraction of sp³-hybridized carbons (Fsp3) is 0.857. The minimum atomic E-state index is 0.789. The minimum Gasteiger partial charge on any atom is -0.380 e. The van der Waals surface area contributed by atoms with Gasteiger partial charge in [0, 0.05) is 7.11 Å². The molecular formula is C14H27NO. The molecular weight excluding hydrogens is 198 g/mol. The highest BCUT2D eigenvalue weighted by Crippen LogP contribution is 2.33. The van der Waals surface area contributed by atoms with Crippen molar-refractivity contribution in [2.24, 2.45) is 11.7 Å². The summed E-state index contributed by atoms with van der Waals surface area (Å²) >= 11 is 0. The molecule has 2 N–H and O–H groups in total. The topological polar surface area (TPSA) is 35.2 Å². The number of methoxy groups -OCH3 is 1. The van der Waals surface area contributed by atoms with Crippen LogP contribution in [0.2, 0.25) is 0 Å². The van der Waals surface area contributed by atoms with Crippen LogP contribution in [0.1, 0.15) is 51.9 Å². The second-order valence-corrected chi connectivity index (χ2v) is 4.90. The molecule has 1 atom stereocenters. The van der Waals surface area contributed by atoms with Crippen molar-refractivity contribution in [1.82, 2.24) is 0 Å². The van der Waals surface area contributed by atoms with Gasteiger partial charge in [0.25, 0.3) is 0 Å². The molecule has 0 aromatic rings. The lowest BCUT2D eigenvalue weighted by molar-refractivity contribution is 0.220. The minimum absolute atomic E-state index is 0.789. The third-order valence-electron chi connectivity index (χ3n) is 3.70. The van der Waals surface area contributed by atoms with Gasteiger partial charge in [0.15, 0.2) is 0 Å². The summed E-state index contributed by atoms with van der Waals surface area (Å²) in [4.78, 5) is 0. The van der Waals surface area contributed by atoms with Gasteiger partial charge < -0.3 is 10.5 Å². The van der Waals surface area contributed by atoms with E-state index < -0.39 is 0 Å². The van der Waals surface area contributed by atoms with E-state index >= 15 is 0 Å². The van der Waals surface area contributed by atoms with Crippen LogP contribution < -0.4 is 5.73 Å². The Hall–Kier alpha value is -0.340. The van der Waals surface area contributed by atoms with Gasteiger partial charge in [-0.3, -0.25) is 0 Å². The molecule has 2 nitrogen and oxygen atoms in total. The average Bonchev–Trinajstić information content (AvgIpc) is 2.34. The fourth-order valence-corrected chi connectivity index (χ4v) is 2.67. The van der Waals surface area contributed by atoms with Crippen LogP contribution >= 0.6 is 0 Å². The first kappa shape index (κ1) is 13.7. The highest BCUT2D eigenvalue weighted by atomic mass is 16.5. The normalized spacial score (nSPS) is 24.6. The summed E-state index contributed by atoms with van der Waals surface area (Å²) in [5.74, 6) is 0.911. The molecule has 0 spiro atoms.